The van der Waals surface area contributed by atoms with Crippen LogP contribution in [0.5, 0.6) is 0 Å². The summed E-state index contributed by atoms with van der Waals surface area (Å²) in [6, 6.07) is 12.8. The smallest absolute Gasteiger partial charge is 0.337 e. The molecule has 0 bridgehead atoms. The fourth-order valence-corrected chi connectivity index (χ4v) is 5.97. The van der Waals surface area contributed by atoms with Gasteiger partial charge in [0.15, 0.2) is 5.82 Å². The van der Waals surface area contributed by atoms with Crippen LogP contribution in [-0.2, 0) is 32.4 Å². The van der Waals surface area contributed by atoms with Crippen LogP contribution in [0, 0.1) is 12.3 Å². The fourth-order valence-electron chi connectivity index (χ4n) is 4.31. The summed E-state index contributed by atoms with van der Waals surface area (Å²) in [7, 11) is -2.78. The van der Waals surface area contributed by atoms with Crippen LogP contribution in [0.2, 0.25) is 0 Å². The van der Waals surface area contributed by atoms with E-state index < -0.39 is 33.0 Å². The van der Waals surface area contributed by atoms with Gasteiger partial charge in [0.1, 0.15) is 0 Å². The second kappa shape index (κ2) is 10.6. The highest BCUT2D eigenvalue weighted by atomic mass is 32.2. The lowest BCUT2D eigenvalue weighted by Gasteiger charge is -2.26. The lowest BCUT2D eigenvalue weighted by Crippen LogP contribution is -2.38. The topological polar surface area (TPSA) is 139 Å². The van der Waals surface area contributed by atoms with Crippen molar-refractivity contribution in [3.8, 4) is 0 Å². The van der Waals surface area contributed by atoms with Crippen LogP contribution in [0.15, 0.2) is 58.2 Å². The zero-order valence-corrected chi connectivity index (χ0v) is 23.4. The van der Waals surface area contributed by atoms with Crippen LogP contribution in [0.25, 0.3) is 0 Å². The van der Waals surface area contributed by atoms with E-state index in [9.17, 15) is 22.8 Å². The van der Waals surface area contributed by atoms with E-state index in [1.54, 1.807) is 57.2 Å². The molecule has 3 aromatic rings. The third-order valence-electron chi connectivity index (χ3n) is 6.61. The maximum absolute atomic E-state index is 13.9. The summed E-state index contributed by atoms with van der Waals surface area (Å²) in [6.45, 7) is 7.02. The minimum atomic E-state index is -4.09. The minimum Gasteiger partial charge on any atom is -0.465 e. The number of esters is 1. The lowest BCUT2D eigenvalue weighted by atomic mass is 9.96. The molecule has 206 valence electrons. The van der Waals surface area contributed by atoms with E-state index in [0.717, 1.165) is 11.1 Å². The number of ether oxygens (including phenoxy) is 1. The van der Waals surface area contributed by atoms with Crippen LogP contribution in [0.3, 0.4) is 0 Å². The normalized spacial score (nSPS) is 15.1. The number of anilines is 2. The van der Waals surface area contributed by atoms with Gasteiger partial charge in [-0.15, -0.1) is 0 Å². The summed E-state index contributed by atoms with van der Waals surface area (Å²) in [5, 5.41) is 2.60. The number of hydrogen-bond acceptors (Lipinski definition) is 7. The first kappa shape index (κ1) is 28.0. The van der Waals surface area contributed by atoms with Gasteiger partial charge in [-0.1, -0.05) is 50.6 Å². The average molecular weight is 553 g/mol. The molecule has 1 unspecified atom stereocenters. The molecule has 10 nitrogen and oxygen atoms in total. The van der Waals surface area contributed by atoms with Crippen molar-refractivity contribution in [2.45, 2.75) is 57.9 Å². The molecule has 39 heavy (non-hydrogen) atoms. The second-order valence-electron chi connectivity index (χ2n) is 10.6. The molecular weight excluding hydrogens is 520 g/mol. The summed E-state index contributed by atoms with van der Waals surface area (Å²) in [5.41, 5.74) is 1.20. The fraction of sp³-hybridized carbons (Fsp3) is 0.357. The molecule has 1 atom stereocenters. The first-order valence-corrected chi connectivity index (χ1v) is 14.0. The maximum Gasteiger partial charge on any atom is 0.337 e. The number of aromatic amines is 1. The van der Waals surface area contributed by atoms with Crippen LogP contribution in [0.1, 0.15) is 54.2 Å². The van der Waals surface area contributed by atoms with Crippen molar-refractivity contribution in [3.63, 3.8) is 0 Å². The number of carbonyl (C=O) groups excluding carboxylic acids is 2. The van der Waals surface area contributed by atoms with Gasteiger partial charge in [0, 0.05) is 11.8 Å². The van der Waals surface area contributed by atoms with Crippen molar-refractivity contribution < 1.29 is 22.7 Å². The van der Waals surface area contributed by atoms with Crippen molar-refractivity contribution in [1.29, 1.82) is 0 Å². The number of amides is 1. The number of nitrogens with zero attached hydrogens (tertiary/aromatic N) is 2. The largest absolute Gasteiger partial charge is 0.465 e. The van der Waals surface area contributed by atoms with E-state index in [1.807, 2.05) is 6.92 Å². The van der Waals surface area contributed by atoms with Crippen molar-refractivity contribution in [3.05, 3.63) is 81.1 Å². The molecule has 1 amide bonds. The van der Waals surface area contributed by atoms with Gasteiger partial charge in [-0.05, 0) is 49.6 Å². The average Bonchev–Trinajstić information content (AvgIpc) is 3.26. The first-order valence-electron chi connectivity index (χ1n) is 12.5. The number of carbonyl (C=O) groups is 2. The summed E-state index contributed by atoms with van der Waals surface area (Å²) >= 11 is 0. The highest BCUT2D eigenvalue weighted by molar-refractivity contribution is 7.92. The number of rotatable bonds is 7. The van der Waals surface area contributed by atoms with Crippen molar-refractivity contribution in [2.24, 2.45) is 5.41 Å². The Kier molecular flexibility index (Phi) is 7.65. The van der Waals surface area contributed by atoms with Gasteiger partial charge < -0.3 is 4.74 Å². The molecule has 4 rings (SSSR count). The molecule has 1 aliphatic heterocycles. The van der Waals surface area contributed by atoms with E-state index >= 15 is 0 Å². The Hall–Kier alpha value is -3.99. The Labute approximate surface area is 227 Å². The Morgan fingerprint density at radius 3 is 2.33 bits per heavy atom. The minimum absolute atomic E-state index is 0.00886. The molecule has 0 fully saturated rings. The van der Waals surface area contributed by atoms with Crippen molar-refractivity contribution in [1.82, 2.24) is 9.97 Å². The van der Waals surface area contributed by atoms with Gasteiger partial charge in [-0.3, -0.25) is 19.9 Å². The Morgan fingerprint density at radius 1 is 1.10 bits per heavy atom. The number of aromatic nitrogens is 2. The summed E-state index contributed by atoms with van der Waals surface area (Å²) in [6.07, 6.45) is 1.05. The third-order valence-corrected chi connectivity index (χ3v) is 8.46. The van der Waals surface area contributed by atoms with E-state index in [2.05, 4.69) is 15.3 Å². The standard InChI is InChI=1S/C28H32N4O6S/c1-17-6-14-21(15-7-17)39(36,37)32-20(13-10-18-8-11-19(12-9-18)25(34)38-5)16-22-23(32)29-27(30-24(22)33)31-26(35)28(2,3)4/h6-9,11-12,14-15,20H,10,13,16H2,1-5H3,(H2,29,30,31,33,35). The van der Waals surface area contributed by atoms with Gasteiger partial charge in [0.05, 0.1) is 29.2 Å². The molecule has 0 saturated heterocycles. The number of H-pyrrole nitrogens is 1. The van der Waals surface area contributed by atoms with Crippen LogP contribution < -0.4 is 15.2 Å². The van der Waals surface area contributed by atoms with E-state index in [-0.39, 0.29) is 34.6 Å². The number of hydrogen-bond donors (Lipinski definition) is 2. The molecule has 0 saturated carbocycles. The highest BCUT2D eigenvalue weighted by Crippen LogP contribution is 2.36. The highest BCUT2D eigenvalue weighted by Gasteiger charge is 2.41. The molecule has 0 radical (unpaired) electrons. The first-order chi connectivity index (χ1) is 18.3. The van der Waals surface area contributed by atoms with E-state index in [0.29, 0.717) is 18.4 Å². The number of nitrogens with one attached hydrogen (secondary N) is 2. The quantitative estimate of drug-likeness (QED) is 0.427. The Balaban J connectivity index is 1.71. The van der Waals surface area contributed by atoms with Crippen molar-refractivity contribution in [2.75, 3.05) is 16.7 Å². The van der Waals surface area contributed by atoms with Crippen molar-refractivity contribution >= 4 is 33.7 Å². The Bertz CT molecular complexity index is 1560. The van der Waals surface area contributed by atoms with E-state index in [4.69, 9.17) is 4.74 Å². The molecule has 2 N–H and O–H groups in total. The second-order valence-corrected chi connectivity index (χ2v) is 12.4. The zero-order valence-electron chi connectivity index (χ0n) is 22.6. The molecule has 0 spiro atoms. The summed E-state index contributed by atoms with van der Waals surface area (Å²) in [5.74, 6) is -0.914. The monoisotopic (exact) mass is 552 g/mol. The summed E-state index contributed by atoms with van der Waals surface area (Å²) in [4.78, 5) is 44.4. The maximum atomic E-state index is 13.9. The lowest BCUT2D eigenvalue weighted by molar-refractivity contribution is -0.123. The number of methoxy groups -OCH3 is 1. The van der Waals surface area contributed by atoms with Crippen LogP contribution >= 0.6 is 0 Å². The molecule has 1 aromatic heterocycles. The molecule has 2 aromatic carbocycles. The number of aryl methyl sites for hydroxylation is 2. The van der Waals surface area contributed by atoms with Gasteiger partial charge >= 0.3 is 5.97 Å². The van der Waals surface area contributed by atoms with Gasteiger partial charge in [-0.2, -0.15) is 4.98 Å². The van der Waals surface area contributed by atoms with Gasteiger partial charge in [-0.25, -0.2) is 17.5 Å². The third kappa shape index (κ3) is 5.88. The zero-order chi connectivity index (χ0) is 28.5. The number of benzene rings is 2. The molecular formula is C28H32N4O6S. The van der Waals surface area contributed by atoms with Gasteiger partial charge in [0.2, 0.25) is 11.9 Å². The van der Waals surface area contributed by atoms with Crippen LogP contribution in [0.4, 0.5) is 11.8 Å². The van der Waals surface area contributed by atoms with Gasteiger partial charge in [0.25, 0.3) is 15.6 Å². The predicted octanol–water partition coefficient (Wildman–Crippen LogP) is 3.60. The molecule has 1 aliphatic rings. The van der Waals surface area contributed by atoms with Crippen LogP contribution in [-0.4, -0.2) is 43.4 Å². The SMILES string of the molecule is COC(=O)c1ccc(CCC2Cc3c(nc(NC(=O)C(C)(C)C)[nH]c3=O)N2S(=O)(=O)c2ccc(C)cc2)cc1. The molecule has 0 aliphatic carbocycles. The number of sulfonamides is 1. The summed E-state index contributed by atoms with van der Waals surface area (Å²) < 4.78 is 33.8. The van der Waals surface area contributed by atoms with E-state index in [1.165, 1.54) is 23.5 Å². The molecule has 2 heterocycles. The molecule has 11 heteroatoms. The predicted molar refractivity (Wildman–Crippen MR) is 147 cm³/mol. The Morgan fingerprint density at radius 2 is 1.74 bits per heavy atom. The number of fused-ring (bicyclic) bond motifs is 1.